The molecule has 0 aliphatic carbocycles. The molecule has 0 aromatic carbocycles. The molecule has 0 radical (unpaired) electrons. The van der Waals surface area contributed by atoms with E-state index in [1.807, 2.05) is 0 Å². The molecule has 1 N–H and O–H groups in total. The molecule has 0 rings (SSSR count). The van der Waals surface area contributed by atoms with Crippen molar-refractivity contribution in [1.82, 2.24) is 0 Å². The van der Waals surface area contributed by atoms with Gasteiger partial charge in [0, 0.05) is 5.82 Å². The van der Waals surface area contributed by atoms with Crippen molar-refractivity contribution in [2.45, 2.75) is 13.8 Å². The normalized spacial score (nSPS) is 11.4. The third-order valence-corrected chi connectivity index (χ3v) is 2.89. The van der Waals surface area contributed by atoms with Crippen molar-refractivity contribution >= 4 is 7.60 Å². The van der Waals surface area contributed by atoms with Gasteiger partial charge in [-0.25, -0.2) is 0 Å². The highest BCUT2D eigenvalue weighted by Crippen LogP contribution is 2.49. The molecule has 0 heterocycles. The van der Waals surface area contributed by atoms with Gasteiger partial charge in [0.1, 0.15) is 6.61 Å². The van der Waals surface area contributed by atoms with E-state index in [1.54, 1.807) is 13.8 Å². The summed E-state index contributed by atoms with van der Waals surface area (Å²) in [5, 5.41) is 8.36. The zero-order valence-corrected chi connectivity index (χ0v) is 9.29. The SMILES string of the molecule is CCOP(=O)(/C=C\C#CCO)OCC. The lowest BCUT2D eigenvalue weighted by atomic mass is 10.6. The highest BCUT2D eigenvalue weighted by molar-refractivity contribution is 7.57. The van der Waals surface area contributed by atoms with Gasteiger partial charge >= 0.3 is 7.60 Å². The van der Waals surface area contributed by atoms with E-state index in [1.165, 1.54) is 11.9 Å². The fourth-order valence-corrected chi connectivity index (χ4v) is 1.94. The second kappa shape index (κ2) is 7.78. The molecule has 0 aromatic rings. The number of aliphatic hydroxyl groups excluding tert-OH is 1. The molecular weight excluding hydrogens is 203 g/mol. The average Bonchev–Trinajstić information content (AvgIpc) is 2.13. The van der Waals surface area contributed by atoms with E-state index >= 15 is 0 Å². The maximum absolute atomic E-state index is 11.7. The Morgan fingerprint density at radius 3 is 2.36 bits per heavy atom. The van der Waals surface area contributed by atoms with Crippen LogP contribution in [0.25, 0.3) is 0 Å². The molecule has 0 unspecified atom stereocenters. The first-order valence-electron chi connectivity index (χ1n) is 4.34. The highest BCUT2D eigenvalue weighted by Gasteiger charge is 2.18. The summed E-state index contributed by atoms with van der Waals surface area (Å²) in [6.45, 7) is 3.87. The molecular formula is C9H15O4P. The fraction of sp³-hybridized carbons (Fsp3) is 0.556. The molecule has 0 aromatic heterocycles. The van der Waals surface area contributed by atoms with Gasteiger partial charge in [-0.05, 0) is 19.9 Å². The lowest BCUT2D eigenvalue weighted by molar-refractivity contribution is 0.229. The smallest absolute Gasteiger partial charge is 0.354 e. The van der Waals surface area contributed by atoms with Crippen molar-refractivity contribution in [1.29, 1.82) is 0 Å². The average molecular weight is 218 g/mol. The Kier molecular flexibility index (Phi) is 7.45. The minimum Gasteiger partial charge on any atom is -0.384 e. The predicted molar refractivity (Wildman–Crippen MR) is 54.9 cm³/mol. The van der Waals surface area contributed by atoms with E-state index < -0.39 is 7.60 Å². The molecule has 0 aliphatic heterocycles. The second-order valence-electron chi connectivity index (χ2n) is 2.17. The lowest BCUT2D eigenvalue weighted by Gasteiger charge is -2.11. The number of aliphatic hydroxyl groups is 1. The monoisotopic (exact) mass is 218 g/mol. The summed E-state index contributed by atoms with van der Waals surface area (Å²) < 4.78 is 21.6. The van der Waals surface area contributed by atoms with E-state index in [0.29, 0.717) is 13.2 Å². The molecule has 80 valence electrons. The summed E-state index contributed by atoms with van der Waals surface area (Å²) in [4.78, 5) is 0. The summed E-state index contributed by atoms with van der Waals surface area (Å²) in [6.07, 6.45) is 1.36. The maximum Gasteiger partial charge on any atom is 0.354 e. The third kappa shape index (κ3) is 5.95. The van der Waals surface area contributed by atoms with Crippen LogP contribution >= 0.6 is 7.60 Å². The molecule has 14 heavy (non-hydrogen) atoms. The Morgan fingerprint density at radius 1 is 1.36 bits per heavy atom. The highest BCUT2D eigenvalue weighted by atomic mass is 31.2. The third-order valence-electron chi connectivity index (χ3n) is 1.14. The second-order valence-corrected chi connectivity index (χ2v) is 4.06. The molecule has 0 atom stereocenters. The molecule has 5 heteroatoms. The molecule has 0 fully saturated rings. The van der Waals surface area contributed by atoms with Crippen LogP contribution in [0.3, 0.4) is 0 Å². The summed E-state index contributed by atoms with van der Waals surface area (Å²) in [5.41, 5.74) is 0. The van der Waals surface area contributed by atoms with E-state index in [-0.39, 0.29) is 6.61 Å². The maximum atomic E-state index is 11.7. The van der Waals surface area contributed by atoms with Crippen LogP contribution in [0, 0.1) is 11.8 Å². The van der Waals surface area contributed by atoms with Crippen LogP contribution in [0.4, 0.5) is 0 Å². The minimum atomic E-state index is -3.12. The van der Waals surface area contributed by atoms with E-state index in [2.05, 4.69) is 11.8 Å². The Balaban J connectivity index is 4.35. The van der Waals surface area contributed by atoms with Crippen LogP contribution in [-0.2, 0) is 13.6 Å². The molecule has 4 nitrogen and oxygen atoms in total. The molecule has 0 saturated heterocycles. The quantitative estimate of drug-likeness (QED) is 0.564. The van der Waals surface area contributed by atoms with Crippen LogP contribution < -0.4 is 0 Å². The van der Waals surface area contributed by atoms with Crippen LogP contribution in [0.1, 0.15) is 13.8 Å². The molecule has 0 saturated carbocycles. The zero-order valence-electron chi connectivity index (χ0n) is 8.40. The van der Waals surface area contributed by atoms with Gasteiger partial charge in [-0.1, -0.05) is 11.8 Å². The van der Waals surface area contributed by atoms with Crippen molar-refractivity contribution in [3.05, 3.63) is 11.9 Å². The first-order chi connectivity index (χ1) is 6.68. The van der Waals surface area contributed by atoms with Gasteiger partial charge in [-0.3, -0.25) is 4.57 Å². The standard InChI is InChI=1S/C9H15O4P/c1-3-12-14(11,13-4-2)9-7-5-6-8-10/h7,9-10H,3-4,8H2,1-2H3/b9-7-. The van der Waals surface area contributed by atoms with Crippen molar-refractivity contribution < 1.29 is 18.7 Å². The van der Waals surface area contributed by atoms with Crippen LogP contribution in [0.2, 0.25) is 0 Å². The van der Waals surface area contributed by atoms with Gasteiger partial charge in [-0.15, -0.1) is 0 Å². The van der Waals surface area contributed by atoms with Crippen LogP contribution in [0.5, 0.6) is 0 Å². The van der Waals surface area contributed by atoms with E-state index in [0.717, 1.165) is 0 Å². The van der Waals surface area contributed by atoms with Gasteiger partial charge < -0.3 is 14.2 Å². The molecule has 0 spiro atoms. The van der Waals surface area contributed by atoms with E-state index in [4.69, 9.17) is 14.2 Å². The lowest BCUT2D eigenvalue weighted by Crippen LogP contribution is -1.92. The van der Waals surface area contributed by atoms with Crippen molar-refractivity contribution in [2.24, 2.45) is 0 Å². The van der Waals surface area contributed by atoms with Gasteiger partial charge in [0.05, 0.1) is 13.2 Å². The van der Waals surface area contributed by atoms with E-state index in [9.17, 15) is 4.57 Å². The summed E-state index contributed by atoms with van der Waals surface area (Å²) in [5.74, 6) is 6.18. The first-order valence-corrected chi connectivity index (χ1v) is 5.95. The summed E-state index contributed by atoms with van der Waals surface area (Å²) >= 11 is 0. The summed E-state index contributed by atoms with van der Waals surface area (Å²) in [7, 11) is -3.12. The zero-order chi connectivity index (χ0) is 10.9. The number of hydrogen-bond donors (Lipinski definition) is 1. The van der Waals surface area contributed by atoms with Gasteiger partial charge in [0.25, 0.3) is 0 Å². The number of hydrogen-bond acceptors (Lipinski definition) is 4. The van der Waals surface area contributed by atoms with Crippen LogP contribution in [-0.4, -0.2) is 24.9 Å². The van der Waals surface area contributed by atoms with Crippen LogP contribution in [0.15, 0.2) is 11.9 Å². The Bertz CT molecular complexity index is 264. The van der Waals surface area contributed by atoms with Gasteiger partial charge in [0.15, 0.2) is 0 Å². The van der Waals surface area contributed by atoms with Gasteiger partial charge in [-0.2, -0.15) is 0 Å². The molecule has 0 amide bonds. The van der Waals surface area contributed by atoms with Gasteiger partial charge in [0.2, 0.25) is 0 Å². The topological polar surface area (TPSA) is 55.8 Å². The first kappa shape index (κ1) is 13.4. The van der Waals surface area contributed by atoms with Crippen molar-refractivity contribution in [3.63, 3.8) is 0 Å². The Morgan fingerprint density at radius 2 is 1.93 bits per heavy atom. The summed E-state index contributed by atoms with van der Waals surface area (Å²) in [6, 6.07) is 0. The molecule has 0 bridgehead atoms. The Labute approximate surface area is 84.5 Å². The van der Waals surface area contributed by atoms with Crippen molar-refractivity contribution in [2.75, 3.05) is 19.8 Å². The molecule has 0 aliphatic rings. The Hall–Kier alpha value is -0.590. The number of allylic oxidation sites excluding steroid dienone is 1. The minimum absolute atomic E-state index is 0.224. The van der Waals surface area contributed by atoms with Crippen molar-refractivity contribution in [3.8, 4) is 11.8 Å². The number of rotatable bonds is 5. The predicted octanol–water partition coefficient (Wildman–Crippen LogP) is 1.76. The fourth-order valence-electron chi connectivity index (χ4n) is 0.716. The largest absolute Gasteiger partial charge is 0.384 e.